The van der Waals surface area contributed by atoms with Crippen LogP contribution in [0.5, 0.6) is 0 Å². The van der Waals surface area contributed by atoms with Gasteiger partial charge in [0.05, 0.1) is 12.0 Å². The van der Waals surface area contributed by atoms with Crippen molar-refractivity contribution in [1.82, 2.24) is 14.7 Å². The average Bonchev–Trinajstić information content (AvgIpc) is 3.38. The van der Waals surface area contributed by atoms with E-state index in [0.717, 1.165) is 34.6 Å². The number of hydrogen-bond acceptors (Lipinski definition) is 7. The van der Waals surface area contributed by atoms with Crippen molar-refractivity contribution in [2.45, 2.75) is 43.0 Å². The zero-order valence-electron chi connectivity index (χ0n) is 14.7. The third-order valence-corrected chi connectivity index (χ3v) is 5.83. The zero-order chi connectivity index (χ0) is 18.3. The van der Waals surface area contributed by atoms with Gasteiger partial charge in [0.25, 0.3) is 0 Å². The summed E-state index contributed by atoms with van der Waals surface area (Å²) in [5, 5.41) is 15.2. The standard InChI is InChI=1S/C18H21N5O2S/c1-10-7-12(26-23-11(2)9-24)3-4-14(10)20-17-19-8-13-15(22-17)21-16(25)18(13)5-6-18/h3-4,7-8,11,23-24H,5-6,9H2,1-2H3,(H2,19,20,21,22,25). The van der Waals surface area contributed by atoms with Gasteiger partial charge in [0.1, 0.15) is 5.82 Å². The lowest BCUT2D eigenvalue weighted by molar-refractivity contribution is -0.117. The summed E-state index contributed by atoms with van der Waals surface area (Å²) in [5.74, 6) is 1.13. The number of amides is 1. The largest absolute Gasteiger partial charge is 0.395 e. The highest BCUT2D eigenvalue weighted by Gasteiger charge is 2.57. The maximum atomic E-state index is 12.1. The first kappa shape index (κ1) is 17.3. The number of carbonyl (C=O) groups is 1. The molecule has 2 aliphatic rings. The fraction of sp³-hybridized carbons (Fsp3) is 0.389. The minimum atomic E-state index is -0.360. The topological polar surface area (TPSA) is 99.2 Å². The van der Waals surface area contributed by atoms with Crippen LogP contribution in [0.2, 0.25) is 0 Å². The SMILES string of the molecule is Cc1cc(SNC(C)CO)ccc1Nc1ncc2c(n1)NC(=O)C21CC1. The molecule has 1 aromatic carbocycles. The average molecular weight is 371 g/mol. The third-order valence-electron chi connectivity index (χ3n) is 4.82. The number of hydrogen-bond donors (Lipinski definition) is 4. The molecule has 0 saturated heterocycles. The number of aryl methyl sites for hydroxylation is 1. The molecule has 8 heteroatoms. The van der Waals surface area contributed by atoms with Crippen molar-refractivity contribution in [3.05, 3.63) is 35.5 Å². The molecule has 1 aromatic heterocycles. The lowest BCUT2D eigenvalue weighted by Gasteiger charge is -2.13. The number of nitrogens with one attached hydrogen (secondary N) is 3. The summed E-state index contributed by atoms with van der Waals surface area (Å²) in [6.45, 7) is 4.03. The van der Waals surface area contributed by atoms with Crippen LogP contribution in [0, 0.1) is 6.92 Å². The van der Waals surface area contributed by atoms with Gasteiger partial charge in [0.15, 0.2) is 0 Å². The van der Waals surface area contributed by atoms with Gasteiger partial charge >= 0.3 is 0 Å². The Morgan fingerprint density at radius 3 is 2.92 bits per heavy atom. The van der Waals surface area contributed by atoms with E-state index in [2.05, 4.69) is 31.4 Å². The van der Waals surface area contributed by atoms with E-state index in [-0.39, 0.29) is 24.0 Å². The van der Waals surface area contributed by atoms with E-state index in [0.29, 0.717) is 11.8 Å². The van der Waals surface area contributed by atoms with Crippen LogP contribution in [0.25, 0.3) is 0 Å². The van der Waals surface area contributed by atoms with Gasteiger partial charge in [-0.3, -0.25) is 9.52 Å². The molecule has 1 atom stereocenters. The van der Waals surface area contributed by atoms with Gasteiger partial charge in [-0.1, -0.05) is 0 Å². The number of anilines is 3. The molecular weight excluding hydrogens is 350 g/mol. The molecule has 4 rings (SSSR count). The van der Waals surface area contributed by atoms with E-state index < -0.39 is 0 Å². The number of carbonyl (C=O) groups excluding carboxylic acids is 1. The van der Waals surface area contributed by atoms with E-state index in [1.165, 1.54) is 11.9 Å². The Bertz CT molecular complexity index is 869. The molecule has 1 spiro atoms. The third kappa shape index (κ3) is 3.04. The first-order valence-electron chi connectivity index (χ1n) is 8.62. The second-order valence-electron chi connectivity index (χ2n) is 6.90. The van der Waals surface area contributed by atoms with Gasteiger partial charge in [-0.2, -0.15) is 4.98 Å². The van der Waals surface area contributed by atoms with Crippen LogP contribution in [0.15, 0.2) is 29.3 Å². The van der Waals surface area contributed by atoms with Crippen LogP contribution in [0.4, 0.5) is 17.5 Å². The Kier molecular flexibility index (Phi) is 4.34. The maximum absolute atomic E-state index is 12.1. The number of fused-ring (bicyclic) bond motifs is 2. The molecule has 1 aliphatic carbocycles. The van der Waals surface area contributed by atoms with Crippen LogP contribution in [-0.4, -0.2) is 33.6 Å². The quantitative estimate of drug-likeness (QED) is 0.579. The summed E-state index contributed by atoms with van der Waals surface area (Å²) in [6.07, 6.45) is 3.52. The minimum absolute atomic E-state index is 0.0305. The lowest BCUT2D eigenvalue weighted by Crippen LogP contribution is -2.22. The molecule has 1 fully saturated rings. The first-order valence-corrected chi connectivity index (χ1v) is 9.43. The van der Waals surface area contributed by atoms with Crippen molar-refractivity contribution in [3.63, 3.8) is 0 Å². The van der Waals surface area contributed by atoms with Crippen LogP contribution < -0.4 is 15.4 Å². The second kappa shape index (κ2) is 6.53. The summed E-state index contributed by atoms with van der Waals surface area (Å²) in [7, 11) is 0. The van der Waals surface area contributed by atoms with Crippen molar-refractivity contribution < 1.29 is 9.90 Å². The van der Waals surface area contributed by atoms with Crippen LogP contribution in [0.3, 0.4) is 0 Å². The number of nitrogens with zero attached hydrogens (tertiary/aromatic N) is 2. The summed E-state index contributed by atoms with van der Waals surface area (Å²) < 4.78 is 3.17. The summed E-state index contributed by atoms with van der Waals surface area (Å²) in [6, 6.07) is 6.05. The number of benzene rings is 1. The Labute approximate surface area is 156 Å². The molecule has 1 unspecified atom stereocenters. The van der Waals surface area contributed by atoms with E-state index in [1.54, 1.807) is 6.20 Å². The highest BCUT2D eigenvalue weighted by Crippen LogP contribution is 2.54. The summed E-state index contributed by atoms with van der Waals surface area (Å²) in [4.78, 5) is 22.0. The maximum Gasteiger partial charge on any atom is 0.236 e. The molecule has 4 N–H and O–H groups in total. The first-order chi connectivity index (χ1) is 12.5. The van der Waals surface area contributed by atoms with Gasteiger partial charge in [-0.25, -0.2) is 4.98 Å². The molecule has 2 aromatic rings. The van der Waals surface area contributed by atoms with E-state index >= 15 is 0 Å². The van der Waals surface area contributed by atoms with Crippen LogP contribution in [0.1, 0.15) is 30.9 Å². The monoisotopic (exact) mass is 371 g/mol. The van der Waals surface area contributed by atoms with Crippen molar-refractivity contribution in [2.75, 3.05) is 17.2 Å². The summed E-state index contributed by atoms with van der Waals surface area (Å²) in [5.41, 5.74) is 2.53. The smallest absolute Gasteiger partial charge is 0.236 e. The van der Waals surface area contributed by atoms with Gasteiger partial charge in [0, 0.05) is 28.4 Å². The fourth-order valence-corrected chi connectivity index (χ4v) is 3.81. The van der Waals surface area contributed by atoms with E-state index in [1.807, 2.05) is 26.0 Å². The molecular formula is C18H21N5O2S. The minimum Gasteiger partial charge on any atom is -0.395 e. The molecule has 136 valence electrons. The predicted molar refractivity (Wildman–Crippen MR) is 102 cm³/mol. The molecule has 2 heterocycles. The van der Waals surface area contributed by atoms with Gasteiger partial charge in [-0.15, -0.1) is 0 Å². The normalized spacial score (nSPS) is 17.7. The highest BCUT2D eigenvalue weighted by molar-refractivity contribution is 7.97. The molecule has 26 heavy (non-hydrogen) atoms. The Morgan fingerprint density at radius 2 is 2.23 bits per heavy atom. The van der Waals surface area contributed by atoms with Crippen LogP contribution in [-0.2, 0) is 10.2 Å². The number of rotatable bonds is 6. The van der Waals surface area contributed by atoms with E-state index in [9.17, 15) is 4.79 Å². The van der Waals surface area contributed by atoms with Crippen molar-refractivity contribution >= 4 is 35.3 Å². The van der Waals surface area contributed by atoms with Crippen molar-refractivity contribution in [3.8, 4) is 0 Å². The molecule has 7 nitrogen and oxygen atoms in total. The molecule has 1 aliphatic heterocycles. The highest BCUT2D eigenvalue weighted by atomic mass is 32.2. The Morgan fingerprint density at radius 1 is 1.42 bits per heavy atom. The molecule has 0 radical (unpaired) electrons. The molecule has 0 bridgehead atoms. The Hall–Kier alpha value is -2.16. The van der Waals surface area contributed by atoms with Crippen molar-refractivity contribution in [2.24, 2.45) is 0 Å². The molecule has 1 amide bonds. The van der Waals surface area contributed by atoms with E-state index in [4.69, 9.17) is 5.11 Å². The number of aliphatic hydroxyl groups excluding tert-OH is 1. The Balaban J connectivity index is 1.48. The second-order valence-corrected chi connectivity index (χ2v) is 7.81. The van der Waals surface area contributed by atoms with Gasteiger partial charge < -0.3 is 15.7 Å². The van der Waals surface area contributed by atoms with Gasteiger partial charge in [-0.05, 0) is 62.4 Å². The van der Waals surface area contributed by atoms with Crippen LogP contribution >= 0.6 is 11.9 Å². The van der Waals surface area contributed by atoms with Gasteiger partial charge in [0.2, 0.25) is 11.9 Å². The zero-order valence-corrected chi connectivity index (χ0v) is 15.5. The molecule has 1 saturated carbocycles. The lowest BCUT2D eigenvalue weighted by atomic mass is 10.0. The van der Waals surface area contributed by atoms with Crippen molar-refractivity contribution in [1.29, 1.82) is 0 Å². The predicted octanol–water partition coefficient (Wildman–Crippen LogP) is 2.49. The number of aromatic nitrogens is 2. The number of aliphatic hydroxyl groups is 1. The summed E-state index contributed by atoms with van der Waals surface area (Å²) >= 11 is 1.49. The fourth-order valence-electron chi connectivity index (χ4n) is 3.02.